The number of anilines is 6. The second-order valence-corrected chi connectivity index (χ2v) is 16.7. The Hall–Kier alpha value is -6.88. The standard InChI is InChI=1S/C53H44N4/c1-33-9-17-38(18-10-33)56(40-21-13-36(32-54)14-22-40)42-25-26-44-45-30-49-46(31-48(45)52(4,5)47(44)28-42)51-35(3)27-43(29-50(51)53(49,6)7)57(39-19-11-34(2)12-20-39)41-23-15-37(55-8)16-24-41/h9-31H,1-7H3. The van der Waals surface area contributed by atoms with Crippen LogP contribution in [-0.2, 0) is 10.8 Å². The molecule has 9 rings (SSSR count). The average Bonchev–Trinajstić information content (AvgIpc) is 3.58. The predicted molar refractivity (Wildman–Crippen MR) is 236 cm³/mol. The van der Waals surface area contributed by atoms with Gasteiger partial charge >= 0.3 is 0 Å². The third-order valence-electron chi connectivity index (χ3n) is 12.3. The zero-order valence-electron chi connectivity index (χ0n) is 33.6. The van der Waals surface area contributed by atoms with Crippen LogP contribution in [0.25, 0.3) is 27.1 Å². The van der Waals surface area contributed by atoms with Crippen molar-refractivity contribution in [2.45, 2.75) is 59.3 Å². The van der Waals surface area contributed by atoms with E-state index in [1.54, 1.807) is 0 Å². The highest BCUT2D eigenvalue weighted by Gasteiger charge is 2.43. The fourth-order valence-corrected chi connectivity index (χ4v) is 9.17. The van der Waals surface area contributed by atoms with Gasteiger partial charge < -0.3 is 9.80 Å². The fourth-order valence-electron chi connectivity index (χ4n) is 9.17. The minimum atomic E-state index is -0.238. The molecule has 0 aliphatic heterocycles. The Morgan fingerprint density at radius 3 is 1.47 bits per heavy atom. The van der Waals surface area contributed by atoms with Crippen molar-refractivity contribution >= 4 is 39.8 Å². The molecular formula is C53H44N4. The maximum absolute atomic E-state index is 9.51. The van der Waals surface area contributed by atoms with Gasteiger partial charge in [0.05, 0.1) is 18.2 Å². The van der Waals surface area contributed by atoms with Crippen LogP contribution in [-0.4, -0.2) is 0 Å². The molecule has 0 spiro atoms. The van der Waals surface area contributed by atoms with Gasteiger partial charge in [0.15, 0.2) is 5.69 Å². The van der Waals surface area contributed by atoms with Crippen molar-refractivity contribution in [3.8, 4) is 28.3 Å². The first-order valence-corrected chi connectivity index (χ1v) is 19.6. The molecule has 276 valence electrons. The lowest BCUT2D eigenvalue weighted by atomic mass is 9.79. The lowest BCUT2D eigenvalue weighted by Gasteiger charge is -2.29. The Labute approximate surface area is 336 Å². The van der Waals surface area contributed by atoms with E-state index in [1.165, 1.54) is 61.2 Å². The summed E-state index contributed by atoms with van der Waals surface area (Å²) in [5.74, 6) is 0. The zero-order valence-corrected chi connectivity index (χ0v) is 33.6. The van der Waals surface area contributed by atoms with Crippen LogP contribution in [0.2, 0.25) is 0 Å². The van der Waals surface area contributed by atoms with E-state index >= 15 is 0 Å². The van der Waals surface area contributed by atoms with E-state index in [0.29, 0.717) is 11.3 Å². The normalized spacial score (nSPS) is 13.8. The van der Waals surface area contributed by atoms with Crippen molar-refractivity contribution in [2.24, 2.45) is 0 Å². The quantitative estimate of drug-likeness (QED) is 0.159. The summed E-state index contributed by atoms with van der Waals surface area (Å²) >= 11 is 0. The second kappa shape index (κ2) is 13.1. The number of nitriles is 1. The molecule has 0 bridgehead atoms. The number of benzene rings is 7. The van der Waals surface area contributed by atoms with Crippen LogP contribution < -0.4 is 9.80 Å². The molecule has 7 aromatic carbocycles. The highest BCUT2D eigenvalue weighted by molar-refractivity contribution is 5.93. The van der Waals surface area contributed by atoms with Crippen LogP contribution in [0, 0.1) is 38.7 Å². The minimum Gasteiger partial charge on any atom is -0.311 e. The van der Waals surface area contributed by atoms with E-state index in [1.807, 2.05) is 36.4 Å². The molecule has 2 aliphatic rings. The summed E-state index contributed by atoms with van der Waals surface area (Å²) in [5.41, 5.74) is 21.5. The number of hydrogen-bond acceptors (Lipinski definition) is 3. The first-order chi connectivity index (χ1) is 27.4. The van der Waals surface area contributed by atoms with Crippen LogP contribution in [0.15, 0.2) is 140 Å². The van der Waals surface area contributed by atoms with Gasteiger partial charge in [-0.05, 0) is 168 Å². The summed E-state index contributed by atoms with van der Waals surface area (Å²) in [6, 6.07) is 52.0. The Balaban J connectivity index is 1.15. The molecular weight excluding hydrogens is 693 g/mol. The van der Waals surface area contributed by atoms with Gasteiger partial charge in [0.2, 0.25) is 0 Å². The summed E-state index contributed by atoms with van der Waals surface area (Å²) in [6.07, 6.45) is 0. The zero-order chi connectivity index (χ0) is 39.8. The summed E-state index contributed by atoms with van der Waals surface area (Å²) in [7, 11) is 0. The highest BCUT2D eigenvalue weighted by Crippen LogP contribution is 2.58. The predicted octanol–water partition coefficient (Wildman–Crippen LogP) is 14.6. The van der Waals surface area contributed by atoms with Gasteiger partial charge in [-0.15, -0.1) is 0 Å². The Morgan fingerprint density at radius 1 is 0.474 bits per heavy atom. The van der Waals surface area contributed by atoms with Crippen LogP contribution in [0.3, 0.4) is 0 Å². The van der Waals surface area contributed by atoms with Gasteiger partial charge in [0, 0.05) is 45.0 Å². The minimum absolute atomic E-state index is 0.236. The lowest BCUT2D eigenvalue weighted by Crippen LogP contribution is -2.18. The van der Waals surface area contributed by atoms with Crippen molar-refractivity contribution < 1.29 is 0 Å². The monoisotopic (exact) mass is 736 g/mol. The summed E-state index contributed by atoms with van der Waals surface area (Å²) in [5, 5.41) is 9.51. The molecule has 57 heavy (non-hydrogen) atoms. The number of hydrogen-bond donors (Lipinski definition) is 0. The molecule has 4 nitrogen and oxygen atoms in total. The van der Waals surface area contributed by atoms with Gasteiger partial charge in [0.1, 0.15) is 0 Å². The van der Waals surface area contributed by atoms with E-state index < -0.39 is 0 Å². The molecule has 0 aromatic heterocycles. The van der Waals surface area contributed by atoms with Crippen molar-refractivity contribution in [3.05, 3.63) is 195 Å². The number of fused-ring (bicyclic) bond motifs is 6. The molecule has 0 heterocycles. The lowest BCUT2D eigenvalue weighted by molar-refractivity contribution is 0.652. The highest BCUT2D eigenvalue weighted by atomic mass is 15.1. The molecule has 0 amide bonds. The van der Waals surface area contributed by atoms with E-state index in [2.05, 4.69) is 172 Å². The van der Waals surface area contributed by atoms with E-state index in [9.17, 15) is 5.26 Å². The molecule has 0 N–H and O–H groups in total. The number of rotatable bonds is 6. The number of aryl methyl sites for hydroxylation is 3. The Morgan fingerprint density at radius 2 is 0.912 bits per heavy atom. The van der Waals surface area contributed by atoms with Gasteiger partial charge in [-0.25, -0.2) is 4.85 Å². The second-order valence-electron chi connectivity index (χ2n) is 16.7. The van der Waals surface area contributed by atoms with Gasteiger partial charge in [-0.1, -0.05) is 81.3 Å². The summed E-state index contributed by atoms with van der Waals surface area (Å²) < 4.78 is 0. The molecule has 2 aliphatic carbocycles. The SMILES string of the molecule is [C-]#[N+]c1ccc(N(c2ccc(C)cc2)c2cc(C)c3c(c2)C(C)(C)c2cc4c(cc2-3)C(C)(C)c2cc(N(c3ccc(C)cc3)c3ccc(C#N)cc3)ccc2-4)cc1. The molecule has 4 heteroatoms. The summed E-state index contributed by atoms with van der Waals surface area (Å²) in [6.45, 7) is 23.5. The first kappa shape index (κ1) is 35.8. The van der Waals surface area contributed by atoms with Crippen LogP contribution in [0.4, 0.5) is 39.8 Å². The topological polar surface area (TPSA) is 34.6 Å². The summed E-state index contributed by atoms with van der Waals surface area (Å²) in [4.78, 5) is 8.25. The first-order valence-electron chi connectivity index (χ1n) is 19.6. The molecule has 0 radical (unpaired) electrons. The van der Waals surface area contributed by atoms with Gasteiger partial charge in [0.25, 0.3) is 0 Å². The van der Waals surface area contributed by atoms with Crippen molar-refractivity contribution in [2.75, 3.05) is 9.80 Å². The van der Waals surface area contributed by atoms with E-state index in [0.717, 1.165) is 34.1 Å². The van der Waals surface area contributed by atoms with Crippen molar-refractivity contribution in [3.63, 3.8) is 0 Å². The molecule has 0 atom stereocenters. The average molecular weight is 737 g/mol. The molecule has 0 unspecified atom stereocenters. The Kier molecular flexibility index (Phi) is 8.24. The van der Waals surface area contributed by atoms with Crippen LogP contribution in [0.5, 0.6) is 0 Å². The smallest absolute Gasteiger partial charge is 0.187 e. The molecule has 0 fully saturated rings. The van der Waals surface area contributed by atoms with Crippen molar-refractivity contribution in [1.29, 1.82) is 5.26 Å². The van der Waals surface area contributed by atoms with Crippen LogP contribution >= 0.6 is 0 Å². The van der Waals surface area contributed by atoms with Gasteiger partial charge in [-0.2, -0.15) is 5.26 Å². The Bertz CT molecular complexity index is 2810. The molecule has 0 saturated heterocycles. The third-order valence-corrected chi connectivity index (χ3v) is 12.3. The third kappa shape index (κ3) is 5.72. The fraction of sp³-hybridized carbons (Fsp3) is 0.170. The molecule has 0 saturated carbocycles. The maximum Gasteiger partial charge on any atom is 0.187 e. The van der Waals surface area contributed by atoms with Crippen LogP contribution in [0.1, 0.15) is 72.2 Å². The number of nitrogens with zero attached hydrogens (tertiary/aromatic N) is 4. The largest absolute Gasteiger partial charge is 0.311 e. The van der Waals surface area contributed by atoms with E-state index in [-0.39, 0.29) is 10.8 Å². The van der Waals surface area contributed by atoms with Gasteiger partial charge in [-0.3, -0.25) is 0 Å². The van der Waals surface area contributed by atoms with Crippen molar-refractivity contribution in [1.82, 2.24) is 0 Å². The van der Waals surface area contributed by atoms with E-state index in [4.69, 9.17) is 6.57 Å². The molecule has 7 aromatic rings. The maximum atomic E-state index is 9.51.